The second-order valence-corrected chi connectivity index (χ2v) is 6.63. The Morgan fingerprint density at radius 1 is 1.42 bits per heavy atom. The molecule has 0 heterocycles. The summed E-state index contributed by atoms with van der Waals surface area (Å²) in [5, 5.41) is 11.3. The molecule has 19 heavy (non-hydrogen) atoms. The van der Waals surface area contributed by atoms with Crippen molar-refractivity contribution >= 4 is 11.7 Å². The van der Waals surface area contributed by atoms with Gasteiger partial charge in [0, 0.05) is 13.5 Å². The molecule has 1 fully saturated rings. The van der Waals surface area contributed by atoms with E-state index in [4.69, 9.17) is 5.26 Å². The number of nitriles is 1. The van der Waals surface area contributed by atoms with Crippen molar-refractivity contribution in [2.45, 2.75) is 46.5 Å². The van der Waals surface area contributed by atoms with E-state index in [1.54, 1.807) is 0 Å². The van der Waals surface area contributed by atoms with Crippen LogP contribution in [-0.2, 0) is 9.59 Å². The van der Waals surface area contributed by atoms with Crippen LogP contribution in [0.2, 0.25) is 0 Å². The molecule has 0 unspecified atom stereocenters. The average molecular weight is 264 g/mol. The van der Waals surface area contributed by atoms with Gasteiger partial charge in [0.25, 0.3) is 0 Å². The summed E-state index contributed by atoms with van der Waals surface area (Å²) in [4.78, 5) is 23.5. The second-order valence-electron chi connectivity index (χ2n) is 6.63. The van der Waals surface area contributed by atoms with Gasteiger partial charge in [-0.25, -0.2) is 0 Å². The lowest BCUT2D eigenvalue weighted by atomic mass is 9.66. The van der Waals surface area contributed by atoms with Crippen molar-refractivity contribution in [2.24, 2.45) is 23.2 Å². The number of amides is 1. The van der Waals surface area contributed by atoms with E-state index in [0.29, 0.717) is 18.3 Å². The standard InChI is InChI=1S/C15H24N2O2/c1-10-5-11(8-15(2,3)7-10)6-13(18)12(9-16)14(19)17-4/h10-12H,5-8H2,1-4H3,(H,17,19)/t10-,11-,12+/m1/s1. The number of nitrogens with one attached hydrogen (secondary N) is 1. The number of rotatable bonds is 4. The van der Waals surface area contributed by atoms with E-state index in [-0.39, 0.29) is 11.2 Å². The minimum Gasteiger partial charge on any atom is -0.358 e. The summed E-state index contributed by atoms with van der Waals surface area (Å²) in [6.07, 6.45) is 3.53. The smallest absolute Gasteiger partial charge is 0.244 e. The fourth-order valence-electron chi connectivity index (χ4n) is 3.52. The van der Waals surface area contributed by atoms with Crippen molar-refractivity contribution < 1.29 is 9.59 Å². The van der Waals surface area contributed by atoms with Crippen LogP contribution in [0.15, 0.2) is 0 Å². The van der Waals surface area contributed by atoms with Gasteiger partial charge in [-0.15, -0.1) is 0 Å². The zero-order chi connectivity index (χ0) is 14.6. The summed E-state index contributed by atoms with van der Waals surface area (Å²) in [6.45, 7) is 6.65. The molecular weight excluding hydrogens is 240 g/mol. The molecule has 1 amide bonds. The Hall–Kier alpha value is -1.37. The Balaban J connectivity index is 2.66. The zero-order valence-corrected chi connectivity index (χ0v) is 12.3. The third-order valence-electron chi connectivity index (χ3n) is 3.93. The molecule has 1 aliphatic carbocycles. The molecule has 0 aromatic carbocycles. The van der Waals surface area contributed by atoms with E-state index in [2.05, 4.69) is 26.1 Å². The molecule has 4 heteroatoms. The highest BCUT2D eigenvalue weighted by atomic mass is 16.2. The zero-order valence-electron chi connectivity index (χ0n) is 12.3. The third-order valence-corrected chi connectivity index (χ3v) is 3.93. The first kappa shape index (κ1) is 15.7. The molecule has 106 valence electrons. The summed E-state index contributed by atoms with van der Waals surface area (Å²) < 4.78 is 0. The van der Waals surface area contributed by atoms with E-state index < -0.39 is 11.8 Å². The van der Waals surface area contributed by atoms with Gasteiger partial charge in [-0.3, -0.25) is 9.59 Å². The molecule has 0 aromatic rings. The summed E-state index contributed by atoms with van der Waals surface area (Å²) in [6, 6.07) is 1.81. The number of hydrogen-bond donors (Lipinski definition) is 1. The fourth-order valence-corrected chi connectivity index (χ4v) is 3.52. The van der Waals surface area contributed by atoms with Gasteiger partial charge in [0.15, 0.2) is 11.7 Å². The minimum absolute atomic E-state index is 0.239. The maximum atomic E-state index is 12.1. The molecule has 0 aromatic heterocycles. The number of carbonyl (C=O) groups is 2. The van der Waals surface area contributed by atoms with E-state index in [1.165, 1.54) is 13.5 Å². The van der Waals surface area contributed by atoms with Gasteiger partial charge >= 0.3 is 0 Å². The molecule has 1 N–H and O–H groups in total. The average Bonchev–Trinajstić information content (AvgIpc) is 2.26. The molecule has 4 nitrogen and oxygen atoms in total. The summed E-state index contributed by atoms with van der Waals surface area (Å²) in [5.41, 5.74) is 0.248. The summed E-state index contributed by atoms with van der Waals surface area (Å²) in [5.74, 6) is -0.980. The summed E-state index contributed by atoms with van der Waals surface area (Å²) >= 11 is 0. The SMILES string of the molecule is CNC(=O)[C@@H](C#N)C(=O)C[C@H]1C[C@@H](C)CC(C)(C)C1. The van der Waals surface area contributed by atoms with Gasteiger partial charge in [0.05, 0.1) is 6.07 Å². The minimum atomic E-state index is -1.15. The van der Waals surface area contributed by atoms with E-state index in [9.17, 15) is 9.59 Å². The van der Waals surface area contributed by atoms with Crippen molar-refractivity contribution in [3.8, 4) is 6.07 Å². The van der Waals surface area contributed by atoms with Gasteiger partial charge < -0.3 is 5.32 Å². The molecule has 0 bridgehead atoms. The van der Waals surface area contributed by atoms with Crippen LogP contribution in [0.5, 0.6) is 0 Å². The lowest BCUT2D eigenvalue weighted by molar-refractivity contribution is -0.132. The van der Waals surface area contributed by atoms with Gasteiger partial charge in [0.2, 0.25) is 5.91 Å². The quantitative estimate of drug-likeness (QED) is 0.792. The van der Waals surface area contributed by atoms with Crippen LogP contribution in [0.1, 0.15) is 46.5 Å². The largest absolute Gasteiger partial charge is 0.358 e. The highest BCUT2D eigenvalue weighted by molar-refractivity contribution is 6.03. The Morgan fingerprint density at radius 2 is 2.05 bits per heavy atom. The maximum absolute atomic E-state index is 12.1. The van der Waals surface area contributed by atoms with E-state index >= 15 is 0 Å². The Morgan fingerprint density at radius 3 is 2.53 bits per heavy atom. The maximum Gasteiger partial charge on any atom is 0.244 e. The van der Waals surface area contributed by atoms with Crippen molar-refractivity contribution in [1.82, 2.24) is 5.32 Å². The topological polar surface area (TPSA) is 70.0 Å². The van der Waals surface area contributed by atoms with Crippen LogP contribution in [0.3, 0.4) is 0 Å². The highest BCUT2D eigenvalue weighted by Crippen LogP contribution is 2.43. The molecule has 1 aliphatic rings. The van der Waals surface area contributed by atoms with Crippen LogP contribution < -0.4 is 5.32 Å². The predicted molar refractivity (Wildman–Crippen MR) is 73.1 cm³/mol. The van der Waals surface area contributed by atoms with Crippen LogP contribution in [-0.4, -0.2) is 18.7 Å². The lowest BCUT2D eigenvalue weighted by Crippen LogP contribution is -2.35. The molecule has 1 saturated carbocycles. The van der Waals surface area contributed by atoms with Crippen molar-refractivity contribution in [3.05, 3.63) is 0 Å². The number of carbonyl (C=O) groups excluding carboxylic acids is 2. The van der Waals surface area contributed by atoms with Crippen molar-refractivity contribution in [2.75, 3.05) is 7.05 Å². The Kier molecular flexibility index (Phi) is 5.11. The first-order valence-corrected chi connectivity index (χ1v) is 6.93. The van der Waals surface area contributed by atoms with Crippen LogP contribution in [0, 0.1) is 34.5 Å². The van der Waals surface area contributed by atoms with Crippen LogP contribution >= 0.6 is 0 Å². The number of ketones is 1. The van der Waals surface area contributed by atoms with Crippen LogP contribution in [0.4, 0.5) is 0 Å². The molecule has 0 aliphatic heterocycles. The van der Waals surface area contributed by atoms with Crippen LogP contribution in [0.25, 0.3) is 0 Å². The molecule has 0 saturated heterocycles. The van der Waals surface area contributed by atoms with Crippen molar-refractivity contribution in [3.63, 3.8) is 0 Å². The Labute approximate surface area is 115 Å². The third kappa shape index (κ3) is 4.34. The first-order chi connectivity index (χ1) is 8.79. The molecule has 0 radical (unpaired) electrons. The molecular formula is C15H24N2O2. The van der Waals surface area contributed by atoms with Crippen molar-refractivity contribution in [1.29, 1.82) is 5.26 Å². The second kappa shape index (κ2) is 6.18. The fraction of sp³-hybridized carbons (Fsp3) is 0.800. The van der Waals surface area contributed by atoms with Gasteiger partial charge in [-0.2, -0.15) is 5.26 Å². The van der Waals surface area contributed by atoms with Gasteiger partial charge in [0.1, 0.15) is 0 Å². The van der Waals surface area contributed by atoms with E-state index in [1.807, 2.05) is 6.07 Å². The lowest BCUT2D eigenvalue weighted by Gasteiger charge is -2.39. The predicted octanol–water partition coefficient (Wildman–Crippen LogP) is 2.29. The monoisotopic (exact) mass is 264 g/mol. The summed E-state index contributed by atoms with van der Waals surface area (Å²) in [7, 11) is 1.45. The van der Waals surface area contributed by atoms with Gasteiger partial charge in [-0.1, -0.05) is 20.8 Å². The molecule has 3 atom stereocenters. The molecule has 1 rings (SSSR count). The number of hydrogen-bond acceptors (Lipinski definition) is 3. The van der Waals surface area contributed by atoms with E-state index in [0.717, 1.165) is 12.8 Å². The Bertz CT molecular complexity index is 395. The molecule has 0 spiro atoms. The number of nitrogens with zero attached hydrogens (tertiary/aromatic N) is 1. The number of Topliss-reactive ketones (excluding diaryl/α,β-unsaturated/α-hetero) is 1. The van der Waals surface area contributed by atoms with Gasteiger partial charge in [-0.05, 0) is 36.5 Å². The highest BCUT2D eigenvalue weighted by Gasteiger charge is 2.35. The first-order valence-electron chi connectivity index (χ1n) is 6.93. The normalized spacial score (nSPS) is 27.1.